The van der Waals surface area contributed by atoms with Gasteiger partial charge in [-0.1, -0.05) is 6.92 Å². The van der Waals surface area contributed by atoms with Gasteiger partial charge >= 0.3 is 0 Å². The summed E-state index contributed by atoms with van der Waals surface area (Å²) in [5.41, 5.74) is 3.65. The van der Waals surface area contributed by atoms with E-state index in [1.807, 2.05) is 42.3 Å². The molecule has 5 heterocycles. The number of amides is 1. The molecule has 6 bridgehead atoms. The first-order chi connectivity index (χ1) is 19.8. The van der Waals surface area contributed by atoms with Crippen LogP contribution in [-0.4, -0.2) is 89.2 Å². The van der Waals surface area contributed by atoms with E-state index in [4.69, 9.17) is 10.8 Å². The third-order valence-electron chi connectivity index (χ3n) is 8.39. The van der Waals surface area contributed by atoms with Crippen molar-refractivity contribution >= 4 is 51.7 Å². The van der Waals surface area contributed by atoms with Crippen LogP contribution in [0.2, 0.25) is 0 Å². The van der Waals surface area contributed by atoms with Gasteiger partial charge in [0.15, 0.2) is 0 Å². The van der Waals surface area contributed by atoms with Crippen molar-refractivity contribution in [1.82, 2.24) is 9.88 Å². The fourth-order valence-corrected chi connectivity index (χ4v) is 6.73. The van der Waals surface area contributed by atoms with Crippen LogP contribution in [-0.2, 0) is 15.8 Å². The van der Waals surface area contributed by atoms with E-state index in [9.17, 15) is 14.1 Å². The summed E-state index contributed by atoms with van der Waals surface area (Å²) in [4.78, 5) is 29.4. The number of aliphatic hydroxyl groups excluding tert-OH is 1. The Kier molecular flexibility index (Phi) is 8.88. The maximum atomic E-state index is 13.6. The lowest BCUT2D eigenvalue weighted by Gasteiger charge is -2.43. The van der Waals surface area contributed by atoms with E-state index in [0.29, 0.717) is 24.5 Å². The number of aromatic nitrogens is 1. The highest BCUT2D eigenvalue weighted by Gasteiger charge is 2.36. The van der Waals surface area contributed by atoms with Crippen molar-refractivity contribution in [2.75, 3.05) is 66.7 Å². The number of aliphatic hydroxyl groups is 1. The number of nitrogens with zero attached hydrogens (tertiary/aromatic N) is 6. The van der Waals surface area contributed by atoms with Gasteiger partial charge in [-0.2, -0.15) is 5.10 Å². The molecule has 6 rings (SSSR count). The van der Waals surface area contributed by atoms with Gasteiger partial charge in [0.2, 0.25) is 5.91 Å². The van der Waals surface area contributed by atoms with Gasteiger partial charge in [0.05, 0.1) is 35.9 Å². The molecule has 220 valence electrons. The zero-order valence-electron chi connectivity index (χ0n) is 23.8. The minimum atomic E-state index is -1.39. The number of nitrogens with two attached hydrogens (primary N) is 1. The molecule has 4 aliphatic rings. The van der Waals surface area contributed by atoms with E-state index < -0.39 is 11.0 Å². The molecule has 12 heteroatoms. The van der Waals surface area contributed by atoms with Crippen LogP contribution in [0.5, 0.6) is 0 Å². The Balaban J connectivity index is 1.54. The van der Waals surface area contributed by atoms with E-state index in [0.717, 1.165) is 68.1 Å². The smallest absolute Gasteiger partial charge is 0.227 e. The summed E-state index contributed by atoms with van der Waals surface area (Å²) in [6, 6.07) is 9.49. The largest absolute Gasteiger partial charge is 0.395 e. The monoisotopic (exact) mass is 580 g/mol. The minimum Gasteiger partial charge on any atom is -0.395 e. The number of pyridine rings is 1. The SMILES string of the molecule is CN1CC2(C)CCN(CC2)c2cc(NS(=O)CCO)ccc2N=C/C(=N\N)c2ccnc(c2)N2CCCC(C2)C1=O. The Morgan fingerprint density at radius 3 is 2.76 bits per heavy atom. The molecule has 1 amide bonds. The van der Waals surface area contributed by atoms with Crippen molar-refractivity contribution in [2.24, 2.45) is 27.3 Å². The van der Waals surface area contributed by atoms with Crippen LogP contribution >= 0.6 is 0 Å². The van der Waals surface area contributed by atoms with Crippen molar-refractivity contribution < 1.29 is 14.1 Å². The molecule has 0 saturated carbocycles. The maximum Gasteiger partial charge on any atom is 0.227 e. The Morgan fingerprint density at radius 1 is 1.20 bits per heavy atom. The quantitative estimate of drug-likeness (QED) is 0.373. The van der Waals surface area contributed by atoms with Crippen molar-refractivity contribution in [1.29, 1.82) is 0 Å². The first-order valence-corrected chi connectivity index (χ1v) is 15.5. The van der Waals surface area contributed by atoms with Crippen molar-refractivity contribution in [3.8, 4) is 0 Å². The second-order valence-corrected chi connectivity index (χ2v) is 12.8. The van der Waals surface area contributed by atoms with Crippen LogP contribution < -0.4 is 20.4 Å². The molecule has 2 unspecified atom stereocenters. The Bertz CT molecular complexity index is 1340. The molecule has 0 aliphatic carbocycles. The number of hydrogen-bond donors (Lipinski definition) is 3. The molecule has 0 radical (unpaired) electrons. The third kappa shape index (κ3) is 6.70. The molecule has 11 nitrogen and oxygen atoms in total. The number of nitrogens with one attached hydrogen (secondary N) is 1. The summed E-state index contributed by atoms with van der Waals surface area (Å²) in [5, 5.41) is 13.2. The van der Waals surface area contributed by atoms with Crippen LogP contribution in [0.4, 0.5) is 22.9 Å². The second-order valence-electron chi connectivity index (χ2n) is 11.5. The number of hydrazone groups is 1. The van der Waals surface area contributed by atoms with Crippen LogP contribution in [0.15, 0.2) is 46.6 Å². The summed E-state index contributed by atoms with van der Waals surface area (Å²) >= 11 is 0. The number of anilines is 3. The standard InChI is InChI=1S/C29H40N8O3S/c1-29-8-12-36(13-9-29)26-17-23(34-41(40)15-14-38)5-6-24(26)32-18-25(33-30)21-7-10-31-27(16-21)37-11-3-4-22(19-37)28(39)35(2)20-29/h5-7,10,16-18,22,34,38H,3-4,8-9,11-15,19-20,30H2,1-2H3/b32-18?,33-25+. The van der Waals surface area contributed by atoms with Gasteiger partial charge in [0, 0.05) is 57.2 Å². The fourth-order valence-electron chi connectivity index (χ4n) is 6.07. The van der Waals surface area contributed by atoms with Gasteiger partial charge in [0.25, 0.3) is 0 Å². The molecular weight excluding hydrogens is 540 g/mol. The lowest BCUT2D eigenvalue weighted by molar-refractivity contribution is -0.136. The summed E-state index contributed by atoms with van der Waals surface area (Å²) in [5.74, 6) is 6.91. The molecular formula is C29H40N8O3S. The second kappa shape index (κ2) is 12.6. The first kappa shape index (κ1) is 29.0. The molecule has 4 aliphatic heterocycles. The molecule has 2 fully saturated rings. The predicted octanol–water partition coefficient (Wildman–Crippen LogP) is 2.51. The highest BCUT2D eigenvalue weighted by atomic mass is 32.2. The lowest BCUT2D eigenvalue weighted by atomic mass is 9.79. The fraction of sp³-hybridized carbons (Fsp3) is 0.517. The first-order valence-electron chi connectivity index (χ1n) is 14.2. The van der Waals surface area contributed by atoms with Crippen molar-refractivity contribution in [3.05, 3.63) is 42.1 Å². The van der Waals surface area contributed by atoms with Crippen molar-refractivity contribution in [2.45, 2.75) is 32.6 Å². The Labute approximate surface area is 244 Å². The lowest BCUT2D eigenvalue weighted by Crippen LogP contribution is -2.49. The van der Waals surface area contributed by atoms with Gasteiger partial charge in [-0.3, -0.25) is 9.79 Å². The highest BCUT2D eigenvalue weighted by Crippen LogP contribution is 2.39. The van der Waals surface area contributed by atoms with E-state index in [1.165, 1.54) is 0 Å². The molecule has 2 aromatic rings. The summed E-state index contributed by atoms with van der Waals surface area (Å²) < 4.78 is 15.3. The molecule has 1 aromatic heterocycles. The average molecular weight is 581 g/mol. The number of carbonyl (C=O) groups is 1. The average Bonchev–Trinajstić information content (AvgIpc) is 2.98. The summed E-state index contributed by atoms with van der Waals surface area (Å²) in [7, 11) is 0.547. The summed E-state index contributed by atoms with van der Waals surface area (Å²) in [6.45, 7) is 5.90. The predicted molar refractivity (Wildman–Crippen MR) is 165 cm³/mol. The van der Waals surface area contributed by atoms with E-state index in [-0.39, 0.29) is 29.6 Å². The molecule has 1 aromatic carbocycles. The van der Waals surface area contributed by atoms with E-state index in [2.05, 4.69) is 31.5 Å². The van der Waals surface area contributed by atoms with Crippen LogP contribution in [0.3, 0.4) is 0 Å². The van der Waals surface area contributed by atoms with Crippen LogP contribution in [0.1, 0.15) is 38.2 Å². The van der Waals surface area contributed by atoms with Gasteiger partial charge in [0.1, 0.15) is 22.5 Å². The molecule has 2 atom stereocenters. The summed E-state index contributed by atoms with van der Waals surface area (Å²) in [6.07, 6.45) is 7.06. The van der Waals surface area contributed by atoms with Crippen molar-refractivity contribution in [3.63, 3.8) is 0 Å². The molecule has 2 saturated heterocycles. The Morgan fingerprint density at radius 2 is 2.00 bits per heavy atom. The van der Waals surface area contributed by atoms with Gasteiger partial charge < -0.3 is 30.4 Å². The van der Waals surface area contributed by atoms with Gasteiger partial charge in [-0.25, -0.2) is 9.19 Å². The highest BCUT2D eigenvalue weighted by molar-refractivity contribution is 7.86. The zero-order valence-corrected chi connectivity index (χ0v) is 24.6. The molecule has 4 N–H and O–H groups in total. The van der Waals surface area contributed by atoms with E-state index >= 15 is 0 Å². The van der Waals surface area contributed by atoms with Crippen LogP contribution in [0, 0.1) is 11.3 Å². The number of carbonyl (C=O) groups excluding carboxylic acids is 1. The molecule has 41 heavy (non-hydrogen) atoms. The topological polar surface area (TPSA) is 140 Å². The Hall–Kier alpha value is -3.51. The number of hydrogen-bond acceptors (Lipinski definition) is 9. The number of aliphatic imine (C=N–C) groups is 1. The number of piperidine rings is 2. The van der Waals surface area contributed by atoms with Crippen LogP contribution in [0.25, 0.3) is 0 Å². The maximum absolute atomic E-state index is 13.6. The van der Waals surface area contributed by atoms with Gasteiger partial charge in [-0.15, -0.1) is 0 Å². The number of fused-ring (bicyclic) bond motifs is 5. The normalized spacial score (nSPS) is 25.0. The molecule has 0 spiro atoms. The number of rotatable bonds is 4. The van der Waals surface area contributed by atoms with E-state index in [1.54, 1.807) is 12.4 Å². The third-order valence-corrected chi connectivity index (χ3v) is 9.41. The van der Waals surface area contributed by atoms with Gasteiger partial charge in [-0.05, 0) is 61.4 Å². The minimum absolute atomic E-state index is 0.00210. The zero-order chi connectivity index (χ0) is 29.0. The number of benzene rings is 1.